The molecule has 0 amide bonds. The first-order valence-electron chi connectivity index (χ1n) is 8.29. The third-order valence-corrected chi connectivity index (χ3v) is 4.31. The summed E-state index contributed by atoms with van der Waals surface area (Å²) in [6, 6.07) is 7.62. The minimum absolute atomic E-state index is 0.238. The lowest BCUT2D eigenvalue weighted by Gasteiger charge is -2.31. The van der Waals surface area contributed by atoms with E-state index in [0.717, 1.165) is 29.7 Å². The molecule has 0 saturated heterocycles. The minimum atomic E-state index is -0.473. The normalized spacial score (nSPS) is 19.5. The molecule has 24 heavy (non-hydrogen) atoms. The second kappa shape index (κ2) is 6.86. The Labute approximate surface area is 141 Å². The Morgan fingerprint density at radius 1 is 1.29 bits per heavy atom. The molecule has 1 aromatic carbocycles. The Bertz CT molecular complexity index is 766. The molecule has 0 fully saturated rings. The van der Waals surface area contributed by atoms with Crippen LogP contribution >= 0.6 is 0 Å². The van der Waals surface area contributed by atoms with Crippen LogP contribution in [0.1, 0.15) is 43.7 Å². The topological polar surface area (TPSA) is 93.4 Å². The van der Waals surface area contributed by atoms with Gasteiger partial charge in [-0.05, 0) is 25.0 Å². The lowest BCUT2D eigenvalue weighted by atomic mass is 9.75. The smallest absolute Gasteiger partial charge is 0.315 e. The van der Waals surface area contributed by atoms with Gasteiger partial charge < -0.3 is 10.5 Å². The van der Waals surface area contributed by atoms with Crippen LogP contribution in [0.5, 0.6) is 0 Å². The van der Waals surface area contributed by atoms with Gasteiger partial charge in [0.15, 0.2) is 5.82 Å². The third kappa shape index (κ3) is 2.79. The fourth-order valence-corrected chi connectivity index (χ4v) is 3.30. The molecular formula is C18H22N4O2. The van der Waals surface area contributed by atoms with Crippen LogP contribution in [0, 0.1) is 5.92 Å². The maximum absolute atomic E-state index is 12.7. The number of aliphatic imine (C=N–C) groups is 1. The van der Waals surface area contributed by atoms with E-state index in [1.165, 1.54) is 0 Å². The predicted molar refractivity (Wildman–Crippen MR) is 93.4 cm³/mol. The van der Waals surface area contributed by atoms with E-state index in [4.69, 9.17) is 10.5 Å². The highest BCUT2D eigenvalue weighted by molar-refractivity contribution is 6.06. The number of carbonyl (C=O) groups is 1. The number of aromatic amines is 1. The number of anilines is 1. The standard InChI is InChI=1S/C18H22N4O2/c1-3-7-14-16(18(23)24-4-2)15(11-8-5-6-9-13(11)19)12-10-20-22-17(12)21-14/h5-6,8-10,15-16H,3-4,7,19H2,1-2H3,(H,20,22). The molecule has 0 saturated carbocycles. The van der Waals surface area contributed by atoms with E-state index in [9.17, 15) is 4.79 Å². The van der Waals surface area contributed by atoms with Gasteiger partial charge in [-0.15, -0.1) is 0 Å². The summed E-state index contributed by atoms with van der Waals surface area (Å²) in [5.41, 5.74) is 9.47. The molecule has 3 rings (SSSR count). The highest BCUT2D eigenvalue weighted by atomic mass is 16.5. The van der Waals surface area contributed by atoms with Gasteiger partial charge in [0.05, 0.1) is 12.8 Å². The van der Waals surface area contributed by atoms with Crippen LogP contribution in [0.25, 0.3) is 0 Å². The Morgan fingerprint density at radius 3 is 2.79 bits per heavy atom. The number of para-hydroxylation sites is 1. The second-order valence-electron chi connectivity index (χ2n) is 5.86. The van der Waals surface area contributed by atoms with E-state index in [2.05, 4.69) is 22.1 Å². The van der Waals surface area contributed by atoms with Crippen LogP contribution in [0.4, 0.5) is 11.5 Å². The van der Waals surface area contributed by atoms with Crippen molar-refractivity contribution in [2.75, 3.05) is 12.3 Å². The number of ether oxygens (including phenoxy) is 1. The zero-order chi connectivity index (χ0) is 17.1. The largest absolute Gasteiger partial charge is 0.465 e. The molecular weight excluding hydrogens is 304 g/mol. The molecule has 1 aliphatic heterocycles. The second-order valence-corrected chi connectivity index (χ2v) is 5.86. The van der Waals surface area contributed by atoms with Crippen molar-refractivity contribution in [2.24, 2.45) is 10.9 Å². The number of nitrogens with zero attached hydrogens (tertiary/aromatic N) is 2. The summed E-state index contributed by atoms with van der Waals surface area (Å²) in [6.07, 6.45) is 3.35. The summed E-state index contributed by atoms with van der Waals surface area (Å²) >= 11 is 0. The first-order valence-corrected chi connectivity index (χ1v) is 8.29. The molecule has 6 heteroatoms. The highest BCUT2D eigenvalue weighted by Gasteiger charge is 2.41. The molecule has 0 aliphatic carbocycles. The quantitative estimate of drug-likeness (QED) is 0.652. The number of esters is 1. The fraction of sp³-hybridized carbons (Fsp3) is 0.389. The van der Waals surface area contributed by atoms with Gasteiger partial charge in [-0.2, -0.15) is 5.10 Å². The van der Waals surface area contributed by atoms with Gasteiger partial charge >= 0.3 is 5.97 Å². The summed E-state index contributed by atoms with van der Waals surface area (Å²) < 4.78 is 5.35. The van der Waals surface area contributed by atoms with Gasteiger partial charge in [-0.3, -0.25) is 9.89 Å². The van der Waals surface area contributed by atoms with E-state index in [0.29, 0.717) is 18.1 Å². The number of nitrogen functional groups attached to an aromatic ring is 1. The van der Waals surface area contributed by atoms with E-state index >= 15 is 0 Å². The van der Waals surface area contributed by atoms with Crippen LogP contribution < -0.4 is 5.73 Å². The van der Waals surface area contributed by atoms with Crippen molar-refractivity contribution in [3.05, 3.63) is 41.6 Å². The number of hydrogen-bond acceptors (Lipinski definition) is 5. The summed E-state index contributed by atoms with van der Waals surface area (Å²) in [4.78, 5) is 17.4. The molecule has 0 bridgehead atoms. The fourth-order valence-electron chi connectivity index (χ4n) is 3.30. The van der Waals surface area contributed by atoms with Crippen LogP contribution in [0.15, 0.2) is 35.5 Å². The molecule has 126 valence electrons. The van der Waals surface area contributed by atoms with Gasteiger partial charge in [0, 0.05) is 22.9 Å². The lowest BCUT2D eigenvalue weighted by molar-refractivity contribution is -0.146. The molecule has 2 atom stereocenters. The van der Waals surface area contributed by atoms with Crippen molar-refractivity contribution in [1.29, 1.82) is 0 Å². The molecule has 0 spiro atoms. The monoisotopic (exact) mass is 326 g/mol. The van der Waals surface area contributed by atoms with Crippen molar-refractivity contribution in [2.45, 2.75) is 32.6 Å². The van der Waals surface area contributed by atoms with E-state index in [-0.39, 0.29) is 11.9 Å². The van der Waals surface area contributed by atoms with Gasteiger partial charge in [0.25, 0.3) is 0 Å². The van der Waals surface area contributed by atoms with Crippen molar-refractivity contribution in [3.63, 3.8) is 0 Å². The SMILES string of the molecule is CCCC1=Nc2[nH]ncc2C(c2ccccc2N)C1C(=O)OCC. The van der Waals surface area contributed by atoms with Crippen LogP contribution in [-0.2, 0) is 9.53 Å². The first kappa shape index (κ1) is 16.2. The van der Waals surface area contributed by atoms with E-state index < -0.39 is 5.92 Å². The number of nitrogens with one attached hydrogen (secondary N) is 1. The van der Waals surface area contributed by atoms with Crippen molar-refractivity contribution in [1.82, 2.24) is 10.2 Å². The number of fused-ring (bicyclic) bond motifs is 1. The summed E-state index contributed by atoms with van der Waals surface area (Å²) in [7, 11) is 0. The van der Waals surface area contributed by atoms with Gasteiger partial charge in [0.2, 0.25) is 0 Å². The molecule has 2 heterocycles. The number of hydrogen-bond donors (Lipinski definition) is 2. The maximum Gasteiger partial charge on any atom is 0.315 e. The highest BCUT2D eigenvalue weighted by Crippen LogP contribution is 2.44. The Morgan fingerprint density at radius 2 is 2.08 bits per heavy atom. The molecule has 3 N–H and O–H groups in total. The van der Waals surface area contributed by atoms with Crippen LogP contribution in [-0.4, -0.2) is 28.5 Å². The number of rotatable bonds is 5. The number of aromatic nitrogens is 2. The molecule has 0 radical (unpaired) electrons. The van der Waals surface area contributed by atoms with Crippen molar-refractivity contribution >= 4 is 23.2 Å². The Kier molecular flexibility index (Phi) is 4.64. The number of carbonyl (C=O) groups excluding carboxylic acids is 1. The number of H-pyrrole nitrogens is 1. The average Bonchev–Trinajstić information content (AvgIpc) is 3.03. The molecule has 6 nitrogen and oxygen atoms in total. The molecule has 1 aliphatic rings. The van der Waals surface area contributed by atoms with Crippen LogP contribution in [0.3, 0.4) is 0 Å². The van der Waals surface area contributed by atoms with Gasteiger partial charge in [-0.25, -0.2) is 4.99 Å². The summed E-state index contributed by atoms with van der Waals surface area (Å²) in [5.74, 6) is -0.269. The average molecular weight is 326 g/mol. The van der Waals surface area contributed by atoms with Gasteiger partial charge in [-0.1, -0.05) is 31.5 Å². The summed E-state index contributed by atoms with van der Waals surface area (Å²) in [5, 5.41) is 7.04. The zero-order valence-electron chi connectivity index (χ0n) is 14.0. The third-order valence-electron chi connectivity index (χ3n) is 4.31. The van der Waals surface area contributed by atoms with Gasteiger partial charge in [0.1, 0.15) is 5.92 Å². The maximum atomic E-state index is 12.7. The van der Waals surface area contributed by atoms with Crippen molar-refractivity contribution in [3.8, 4) is 0 Å². The molecule has 2 unspecified atom stereocenters. The number of benzene rings is 1. The van der Waals surface area contributed by atoms with E-state index in [1.54, 1.807) is 6.20 Å². The van der Waals surface area contributed by atoms with E-state index in [1.807, 2.05) is 31.2 Å². The van der Waals surface area contributed by atoms with Crippen molar-refractivity contribution < 1.29 is 9.53 Å². The Hall–Kier alpha value is -2.63. The minimum Gasteiger partial charge on any atom is -0.465 e. The molecule has 2 aromatic rings. The predicted octanol–water partition coefficient (Wildman–Crippen LogP) is 3.19. The van der Waals surface area contributed by atoms with Crippen LogP contribution in [0.2, 0.25) is 0 Å². The summed E-state index contributed by atoms with van der Waals surface area (Å²) in [6.45, 7) is 4.22. The first-order chi connectivity index (χ1) is 11.7. The number of nitrogens with two attached hydrogens (primary N) is 1. The lowest BCUT2D eigenvalue weighted by Crippen LogP contribution is -2.34. The molecule has 1 aromatic heterocycles. The zero-order valence-corrected chi connectivity index (χ0v) is 14.0. The Balaban J connectivity index is 2.16.